The number of hydrogen-bond donors (Lipinski definition) is 2. The van der Waals surface area contributed by atoms with Crippen LogP contribution in [-0.4, -0.2) is 50.8 Å². The number of benzene rings is 1. The van der Waals surface area contributed by atoms with Crippen molar-refractivity contribution in [2.45, 2.75) is 32.3 Å². The Labute approximate surface area is 178 Å². The molecule has 2 aromatic heterocycles. The zero-order chi connectivity index (χ0) is 21.7. The van der Waals surface area contributed by atoms with Crippen LogP contribution in [0.25, 0.3) is 5.78 Å². The van der Waals surface area contributed by atoms with Crippen molar-refractivity contribution < 1.29 is 14.3 Å². The van der Waals surface area contributed by atoms with Crippen molar-refractivity contribution in [2.24, 2.45) is 0 Å². The summed E-state index contributed by atoms with van der Waals surface area (Å²) in [6, 6.07) is 6.87. The van der Waals surface area contributed by atoms with Gasteiger partial charge in [-0.05, 0) is 51.3 Å². The lowest BCUT2D eigenvalue weighted by Crippen LogP contribution is -2.28. The molecule has 3 rings (SSSR count). The van der Waals surface area contributed by atoms with Crippen molar-refractivity contribution in [1.82, 2.24) is 24.9 Å². The number of carbonyl (C=O) groups is 2. The number of nitrogens with zero attached hydrogens (tertiary/aromatic N) is 4. The molecule has 30 heavy (non-hydrogen) atoms. The maximum atomic E-state index is 12.6. The van der Waals surface area contributed by atoms with Crippen LogP contribution in [0.2, 0.25) is 0 Å². The molecule has 0 saturated heterocycles. The Morgan fingerprint density at radius 3 is 2.53 bits per heavy atom. The molecule has 0 unspecified atom stereocenters. The first kappa shape index (κ1) is 21.6. The standard InChI is InChI=1S/C20H24N6O3S/c1-5-21-18(28)11-29-15-8-6-14(7-9-15)23-17(27)10-16-12(2)22-19-24-20(30-4)25-26(19)13(16)3/h6-9H,5,10-11H2,1-4H3,(H,21,28)(H,23,27). The van der Waals surface area contributed by atoms with Gasteiger partial charge in [0.05, 0.1) is 6.42 Å². The SMILES string of the molecule is CCNC(=O)COc1ccc(NC(=O)Cc2c(C)nc3nc(SC)nn3c2C)cc1. The molecule has 1 aromatic carbocycles. The number of carbonyl (C=O) groups excluding carboxylic acids is 2. The summed E-state index contributed by atoms with van der Waals surface area (Å²) in [5, 5.41) is 10.6. The minimum atomic E-state index is -0.178. The van der Waals surface area contributed by atoms with E-state index in [9.17, 15) is 9.59 Å². The van der Waals surface area contributed by atoms with Crippen molar-refractivity contribution in [3.05, 3.63) is 41.2 Å². The van der Waals surface area contributed by atoms with E-state index in [1.807, 2.05) is 27.0 Å². The number of amides is 2. The smallest absolute Gasteiger partial charge is 0.257 e. The van der Waals surface area contributed by atoms with Crippen LogP contribution in [0, 0.1) is 13.8 Å². The van der Waals surface area contributed by atoms with Crippen LogP contribution in [0.4, 0.5) is 5.69 Å². The zero-order valence-corrected chi connectivity index (χ0v) is 18.2. The van der Waals surface area contributed by atoms with Crippen molar-refractivity contribution in [1.29, 1.82) is 0 Å². The molecule has 0 radical (unpaired) electrons. The summed E-state index contributed by atoms with van der Waals surface area (Å²) in [6.07, 6.45) is 2.08. The summed E-state index contributed by atoms with van der Waals surface area (Å²) >= 11 is 1.44. The van der Waals surface area contributed by atoms with Gasteiger partial charge in [0.25, 0.3) is 11.7 Å². The minimum absolute atomic E-state index is 0.0475. The van der Waals surface area contributed by atoms with Gasteiger partial charge in [-0.25, -0.2) is 9.50 Å². The quantitative estimate of drug-likeness (QED) is 0.529. The Kier molecular flexibility index (Phi) is 6.88. The normalized spacial score (nSPS) is 10.8. The number of aryl methyl sites for hydroxylation is 2. The van der Waals surface area contributed by atoms with Gasteiger partial charge in [-0.15, -0.1) is 5.10 Å². The number of aromatic nitrogens is 4. The lowest BCUT2D eigenvalue weighted by atomic mass is 10.1. The Bertz CT molecular complexity index is 1060. The van der Waals surface area contributed by atoms with E-state index >= 15 is 0 Å². The van der Waals surface area contributed by atoms with Crippen LogP contribution in [0.15, 0.2) is 29.4 Å². The van der Waals surface area contributed by atoms with Crippen molar-refractivity contribution in [3.8, 4) is 5.75 Å². The molecular weight excluding hydrogens is 404 g/mol. The zero-order valence-electron chi connectivity index (χ0n) is 17.4. The van der Waals surface area contributed by atoms with E-state index in [4.69, 9.17) is 4.74 Å². The van der Waals surface area contributed by atoms with Gasteiger partial charge in [-0.1, -0.05) is 11.8 Å². The molecule has 2 N–H and O–H groups in total. The average molecular weight is 429 g/mol. The van der Waals surface area contributed by atoms with Crippen LogP contribution in [0.1, 0.15) is 23.9 Å². The molecule has 0 spiro atoms. The topological polar surface area (TPSA) is 111 Å². The third kappa shape index (κ3) is 5.07. The average Bonchev–Trinajstić information content (AvgIpc) is 3.14. The van der Waals surface area contributed by atoms with Crippen molar-refractivity contribution in [2.75, 3.05) is 24.7 Å². The first-order chi connectivity index (χ1) is 14.4. The van der Waals surface area contributed by atoms with E-state index in [1.54, 1.807) is 28.8 Å². The third-order valence-electron chi connectivity index (χ3n) is 4.43. The van der Waals surface area contributed by atoms with E-state index in [-0.39, 0.29) is 24.8 Å². The van der Waals surface area contributed by atoms with Gasteiger partial charge in [0, 0.05) is 29.2 Å². The second-order valence-corrected chi connectivity index (χ2v) is 7.34. The monoisotopic (exact) mass is 428 g/mol. The molecule has 0 aliphatic rings. The number of fused-ring (bicyclic) bond motifs is 1. The summed E-state index contributed by atoms with van der Waals surface area (Å²) in [4.78, 5) is 32.9. The molecule has 2 heterocycles. The van der Waals surface area contributed by atoms with E-state index in [2.05, 4.69) is 25.7 Å². The highest BCUT2D eigenvalue weighted by Gasteiger charge is 2.16. The third-order valence-corrected chi connectivity index (χ3v) is 4.97. The fourth-order valence-electron chi connectivity index (χ4n) is 2.93. The van der Waals surface area contributed by atoms with Crippen molar-refractivity contribution in [3.63, 3.8) is 0 Å². The number of anilines is 1. The number of hydrogen-bond acceptors (Lipinski definition) is 7. The molecular formula is C20H24N6O3S. The predicted octanol–water partition coefficient (Wildman–Crippen LogP) is 2.16. The van der Waals surface area contributed by atoms with E-state index in [1.165, 1.54) is 11.8 Å². The summed E-state index contributed by atoms with van der Waals surface area (Å²) in [5.74, 6) is 0.741. The van der Waals surface area contributed by atoms with Gasteiger partial charge < -0.3 is 15.4 Å². The highest BCUT2D eigenvalue weighted by atomic mass is 32.2. The van der Waals surface area contributed by atoms with Gasteiger partial charge in [0.1, 0.15) is 5.75 Å². The lowest BCUT2D eigenvalue weighted by Gasteiger charge is -2.11. The Morgan fingerprint density at radius 1 is 1.13 bits per heavy atom. The van der Waals surface area contributed by atoms with E-state index in [0.717, 1.165) is 17.0 Å². The highest BCUT2D eigenvalue weighted by molar-refractivity contribution is 7.98. The molecule has 0 aliphatic carbocycles. The predicted molar refractivity (Wildman–Crippen MR) is 115 cm³/mol. The van der Waals surface area contributed by atoms with Crippen LogP contribution in [0.5, 0.6) is 5.75 Å². The number of thioether (sulfide) groups is 1. The summed E-state index contributed by atoms with van der Waals surface area (Å²) in [5.41, 5.74) is 3.05. The molecule has 0 aliphatic heterocycles. The second-order valence-electron chi connectivity index (χ2n) is 6.56. The lowest BCUT2D eigenvalue weighted by molar-refractivity contribution is -0.123. The van der Waals surface area contributed by atoms with Crippen molar-refractivity contribution >= 4 is 35.0 Å². The molecule has 0 saturated carbocycles. The van der Waals surface area contributed by atoms with E-state index < -0.39 is 0 Å². The molecule has 2 amide bonds. The first-order valence-electron chi connectivity index (χ1n) is 9.47. The fourth-order valence-corrected chi connectivity index (χ4v) is 3.27. The molecule has 158 valence electrons. The Morgan fingerprint density at radius 2 is 1.87 bits per heavy atom. The number of rotatable bonds is 8. The van der Waals surface area contributed by atoms with Gasteiger partial charge in [-0.2, -0.15) is 4.98 Å². The number of ether oxygens (including phenoxy) is 1. The first-order valence-corrected chi connectivity index (χ1v) is 10.7. The van der Waals surface area contributed by atoms with Gasteiger partial charge in [0.15, 0.2) is 6.61 Å². The maximum Gasteiger partial charge on any atom is 0.257 e. The van der Waals surface area contributed by atoms with E-state index in [0.29, 0.717) is 28.9 Å². The summed E-state index contributed by atoms with van der Waals surface area (Å²) < 4.78 is 7.08. The van der Waals surface area contributed by atoms with Crippen LogP contribution in [0.3, 0.4) is 0 Å². The molecule has 0 bridgehead atoms. The fraction of sp³-hybridized carbons (Fsp3) is 0.350. The molecule has 10 heteroatoms. The summed E-state index contributed by atoms with van der Waals surface area (Å²) in [7, 11) is 0. The number of nitrogens with one attached hydrogen (secondary N) is 2. The van der Waals surface area contributed by atoms with Gasteiger partial charge >= 0.3 is 0 Å². The molecule has 9 nitrogen and oxygen atoms in total. The molecule has 0 fully saturated rings. The van der Waals surface area contributed by atoms with Gasteiger partial charge in [-0.3, -0.25) is 9.59 Å². The largest absolute Gasteiger partial charge is 0.484 e. The Hall–Kier alpha value is -3.14. The second kappa shape index (κ2) is 9.57. The maximum absolute atomic E-state index is 12.6. The molecule has 0 atom stereocenters. The highest BCUT2D eigenvalue weighted by Crippen LogP contribution is 2.19. The van der Waals surface area contributed by atoms with Crippen LogP contribution < -0.4 is 15.4 Å². The summed E-state index contributed by atoms with van der Waals surface area (Å²) in [6.45, 7) is 6.13. The van der Waals surface area contributed by atoms with Gasteiger partial charge in [0.2, 0.25) is 11.1 Å². The number of likely N-dealkylation sites (N-methyl/N-ethyl adjacent to an activating group) is 1. The van der Waals surface area contributed by atoms with Crippen LogP contribution in [-0.2, 0) is 16.0 Å². The minimum Gasteiger partial charge on any atom is -0.484 e. The molecule has 3 aromatic rings. The van der Waals surface area contributed by atoms with Crippen LogP contribution >= 0.6 is 11.8 Å². The Balaban J connectivity index is 1.65.